The molecule has 1 fully saturated rings. The molecule has 1 aromatic rings. The first-order chi connectivity index (χ1) is 9.20. The highest BCUT2D eigenvalue weighted by atomic mass is 35.5. The largest absolute Gasteiger partial charge is 0.377 e. The van der Waals surface area contributed by atoms with Crippen LogP contribution >= 0.6 is 23.4 Å². The molecule has 0 bridgehead atoms. The van der Waals surface area contributed by atoms with Gasteiger partial charge < -0.3 is 10.5 Å². The fourth-order valence-electron chi connectivity index (χ4n) is 2.24. The van der Waals surface area contributed by atoms with E-state index in [9.17, 15) is 0 Å². The molecule has 0 amide bonds. The first-order valence-electron chi connectivity index (χ1n) is 6.98. The standard InChI is InChI=1S/C15H22ClNOS/c1-2-11(17)9-13-14(16)6-3-7-15(13)19-10-12-5-4-8-18-12/h3,6-7,11-12H,2,4-5,8-10,17H2,1H3. The lowest BCUT2D eigenvalue weighted by Gasteiger charge is -2.16. The predicted octanol–water partition coefficient (Wildman–Crippen LogP) is 3.89. The average molecular weight is 300 g/mol. The van der Waals surface area contributed by atoms with Gasteiger partial charge in [-0.15, -0.1) is 11.8 Å². The molecule has 2 nitrogen and oxygen atoms in total. The highest BCUT2D eigenvalue weighted by Gasteiger charge is 2.17. The first kappa shape index (κ1) is 15.2. The van der Waals surface area contributed by atoms with Gasteiger partial charge in [0.1, 0.15) is 0 Å². The van der Waals surface area contributed by atoms with Crippen molar-refractivity contribution in [2.24, 2.45) is 5.73 Å². The second-order valence-electron chi connectivity index (χ2n) is 5.04. The summed E-state index contributed by atoms with van der Waals surface area (Å²) < 4.78 is 5.67. The van der Waals surface area contributed by atoms with Crippen LogP contribution in [-0.2, 0) is 11.2 Å². The van der Waals surface area contributed by atoms with Crippen LogP contribution in [0.3, 0.4) is 0 Å². The van der Waals surface area contributed by atoms with Crippen molar-refractivity contribution in [2.45, 2.75) is 49.6 Å². The highest BCUT2D eigenvalue weighted by molar-refractivity contribution is 7.99. The molecule has 0 saturated carbocycles. The molecule has 1 saturated heterocycles. The van der Waals surface area contributed by atoms with Gasteiger partial charge in [0.25, 0.3) is 0 Å². The van der Waals surface area contributed by atoms with E-state index in [0.717, 1.165) is 30.2 Å². The van der Waals surface area contributed by atoms with Gasteiger partial charge in [0, 0.05) is 28.3 Å². The topological polar surface area (TPSA) is 35.2 Å². The summed E-state index contributed by atoms with van der Waals surface area (Å²) in [5.41, 5.74) is 7.26. The van der Waals surface area contributed by atoms with E-state index in [-0.39, 0.29) is 6.04 Å². The third-order valence-electron chi connectivity index (χ3n) is 3.52. The number of ether oxygens (including phenoxy) is 1. The quantitative estimate of drug-likeness (QED) is 0.809. The van der Waals surface area contributed by atoms with Gasteiger partial charge in [-0.2, -0.15) is 0 Å². The molecule has 1 aromatic carbocycles. The Morgan fingerprint density at radius 3 is 3.05 bits per heavy atom. The van der Waals surface area contributed by atoms with Gasteiger partial charge in [-0.25, -0.2) is 0 Å². The maximum Gasteiger partial charge on any atom is 0.0669 e. The summed E-state index contributed by atoms with van der Waals surface area (Å²) >= 11 is 8.17. The Morgan fingerprint density at radius 1 is 1.53 bits per heavy atom. The van der Waals surface area contributed by atoms with Crippen LogP contribution in [0.15, 0.2) is 23.1 Å². The molecule has 19 heavy (non-hydrogen) atoms. The summed E-state index contributed by atoms with van der Waals surface area (Å²) in [6.45, 7) is 3.02. The van der Waals surface area contributed by atoms with Gasteiger partial charge in [0.2, 0.25) is 0 Å². The van der Waals surface area contributed by atoms with Crippen molar-refractivity contribution < 1.29 is 4.74 Å². The molecule has 2 rings (SSSR count). The van der Waals surface area contributed by atoms with Crippen molar-refractivity contribution in [3.05, 3.63) is 28.8 Å². The second-order valence-corrected chi connectivity index (χ2v) is 6.50. The van der Waals surface area contributed by atoms with Crippen molar-refractivity contribution in [1.82, 2.24) is 0 Å². The van der Waals surface area contributed by atoms with Crippen LogP contribution in [-0.4, -0.2) is 24.5 Å². The van der Waals surface area contributed by atoms with Crippen molar-refractivity contribution in [2.75, 3.05) is 12.4 Å². The van der Waals surface area contributed by atoms with Crippen LogP contribution < -0.4 is 5.73 Å². The summed E-state index contributed by atoms with van der Waals surface area (Å²) in [7, 11) is 0. The molecule has 4 heteroatoms. The first-order valence-corrected chi connectivity index (χ1v) is 8.34. The molecule has 0 aliphatic carbocycles. The number of thioether (sulfide) groups is 1. The number of rotatable bonds is 6. The fourth-order valence-corrected chi connectivity index (χ4v) is 3.72. The van der Waals surface area contributed by atoms with Crippen LogP contribution in [0, 0.1) is 0 Å². The molecule has 0 radical (unpaired) electrons. The Labute approximate surface area is 125 Å². The molecule has 1 aliphatic rings. The van der Waals surface area contributed by atoms with Gasteiger partial charge >= 0.3 is 0 Å². The Bertz CT molecular complexity index is 407. The smallest absolute Gasteiger partial charge is 0.0669 e. The summed E-state index contributed by atoms with van der Waals surface area (Å²) in [5.74, 6) is 1.01. The van der Waals surface area contributed by atoms with Crippen LogP contribution in [0.2, 0.25) is 5.02 Å². The predicted molar refractivity (Wildman–Crippen MR) is 83.1 cm³/mol. The van der Waals surface area contributed by atoms with Crippen molar-refractivity contribution in [3.8, 4) is 0 Å². The molecular formula is C15H22ClNOS. The zero-order valence-electron chi connectivity index (χ0n) is 11.4. The molecule has 1 aliphatic heterocycles. The molecule has 0 aromatic heterocycles. The molecule has 2 atom stereocenters. The molecule has 106 valence electrons. The lowest BCUT2D eigenvalue weighted by Crippen LogP contribution is -2.22. The number of nitrogens with two attached hydrogens (primary N) is 1. The Morgan fingerprint density at radius 2 is 2.37 bits per heavy atom. The molecular weight excluding hydrogens is 278 g/mol. The minimum Gasteiger partial charge on any atom is -0.377 e. The Kier molecular flexibility index (Phi) is 6.02. The maximum atomic E-state index is 6.33. The van der Waals surface area contributed by atoms with E-state index in [1.807, 2.05) is 23.9 Å². The van der Waals surface area contributed by atoms with E-state index in [1.165, 1.54) is 23.3 Å². The summed E-state index contributed by atoms with van der Waals surface area (Å²) in [6, 6.07) is 6.29. The minimum absolute atomic E-state index is 0.182. The number of hydrogen-bond donors (Lipinski definition) is 1. The SMILES string of the molecule is CCC(N)Cc1c(Cl)cccc1SCC1CCCO1. The van der Waals surface area contributed by atoms with E-state index in [2.05, 4.69) is 13.0 Å². The van der Waals surface area contributed by atoms with E-state index >= 15 is 0 Å². The van der Waals surface area contributed by atoms with Crippen LogP contribution in [0.25, 0.3) is 0 Å². The molecule has 2 unspecified atom stereocenters. The average Bonchev–Trinajstić information content (AvgIpc) is 2.92. The van der Waals surface area contributed by atoms with E-state index in [4.69, 9.17) is 22.1 Å². The normalized spacial score (nSPS) is 20.7. The van der Waals surface area contributed by atoms with Crippen LogP contribution in [0.5, 0.6) is 0 Å². The van der Waals surface area contributed by atoms with Crippen molar-refractivity contribution in [3.63, 3.8) is 0 Å². The number of benzene rings is 1. The van der Waals surface area contributed by atoms with Gasteiger partial charge in [-0.3, -0.25) is 0 Å². The monoisotopic (exact) mass is 299 g/mol. The van der Waals surface area contributed by atoms with E-state index in [1.54, 1.807) is 0 Å². The zero-order valence-corrected chi connectivity index (χ0v) is 13.0. The molecule has 0 spiro atoms. The van der Waals surface area contributed by atoms with Crippen molar-refractivity contribution >= 4 is 23.4 Å². The van der Waals surface area contributed by atoms with E-state index in [0.29, 0.717) is 6.10 Å². The van der Waals surface area contributed by atoms with Crippen molar-refractivity contribution in [1.29, 1.82) is 0 Å². The van der Waals surface area contributed by atoms with Crippen LogP contribution in [0.4, 0.5) is 0 Å². The second kappa shape index (κ2) is 7.53. The summed E-state index contributed by atoms with van der Waals surface area (Å²) in [4.78, 5) is 1.26. The highest BCUT2D eigenvalue weighted by Crippen LogP contribution is 2.31. The maximum absolute atomic E-state index is 6.33. The zero-order chi connectivity index (χ0) is 13.7. The Balaban J connectivity index is 2.03. The Hall–Kier alpha value is -0.220. The van der Waals surface area contributed by atoms with Gasteiger partial charge in [0.05, 0.1) is 6.10 Å². The number of halogens is 1. The van der Waals surface area contributed by atoms with Gasteiger partial charge in [-0.1, -0.05) is 24.6 Å². The summed E-state index contributed by atoms with van der Waals surface area (Å²) in [6.07, 6.45) is 4.59. The molecule has 2 N–H and O–H groups in total. The van der Waals surface area contributed by atoms with Gasteiger partial charge in [0.15, 0.2) is 0 Å². The van der Waals surface area contributed by atoms with Gasteiger partial charge in [-0.05, 0) is 43.4 Å². The fraction of sp³-hybridized carbons (Fsp3) is 0.600. The number of hydrogen-bond acceptors (Lipinski definition) is 3. The minimum atomic E-state index is 0.182. The summed E-state index contributed by atoms with van der Waals surface area (Å²) in [5, 5.41) is 0.834. The third-order valence-corrected chi connectivity index (χ3v) is 5.10. The van der Waals surface area contributed by atoms with Crippen LogP contribution in [0.1, 0.15) is 31.7 Å². The lowest BCUT2D eigenvalue weighted by molar-refractivity contribution is 0.129. The van der Waals surface area contributed by atoms with E-state index < -0.39 is 0 Å². The lowest BCUT2D eigenvalue weighted by atomic mass is 10.0. The molecule has 1 heterocycles. The third kappa shape index (κ3) is 4.38.